The number of aryl methyl sites for hydroxylation is 2. The molecular weight excluding hydrogens is 170 g/mol. The molecule has 2 rings (SSSR count). The molecule has 0 atom stereocenters. The van der Waals surface area contributed by atoms with Gasteiger partial charge in [0, 0.05) is 5.56 Å². The Kier molecular flexibility index (Phi) is 2.86. The summed E-state index contributed by atoms with van der Waals surface area (Å²) in [6.45, 7) is 0.761. The summed E-state index contributed by atoms with van der Waals surface area (Å²) in [4.78, 5) is 0. The third-order valence-corrected chi connectivity index (χ3v) is 2.60. The first-order valence-corrected chi connectivity index (χ1v) is 5.15. The predicted molar refractivity (Wildman–Crippen MR) is 59.3 cm³/mol. The highest BCUT2D eigenvalue weighted by molar-refractivity contribution is 5.42. The van der Waals surface area contributed by atoms with Gasteiger partial charge >= 0.3 is 0 Å². The van der Waals surface area contributed by atoms with E-state index >= 15 is 0 Å². The summed E-state index contributed by atoms with van der Waals surface area (Å²) in [5.74, 6) is 6.24. The van der Waals surface area contributed by atoms with Crippen molar-refractivity contribution in [2.24, 2.45) is 0 Å². The summed E-state index contributed by atoms with van der Waals surface area (Å²) in [5, 5.41) is 3.02. The summed E-state index contributed by atoms with van der Waals surface area (Å²) in [6.07, 6.45) is 3.79. The van der Waals surface area contributed by atoms with Crippen LogP contribution in [-0.2, 0) is 12.8 Å². The average molecular weight is 185 g/mol. The number of hydrogen-bond donors (Lipinski definition) is 1. The van der Waals surface area contributed by atoms with Crippen molar-refractivity contribution >= 4 is 0 Å². The fraction of sp³-hybridized carbons (Fsp3) is 0.385. The van der Waals surface area contributed by atoms with Gasteiger partial charge in [-0.15, -0.1) is 0 Å². The first-order chi connectivity index (χ1) is 6.90. The van der Waals surface area contributed by atoms with Gasteiger partial charge in [-0.2, -0.15) is 0 Å². The van der Waals surface area contributed by atoms with Crippen LogP contribution in [0.25, 0.3) is 0 Å². The third kappa shape index (κ3) is 1.97. The monoisotopic (exact) mass is 185 g/mol. The van der Waals surface area contributed by atoms with E-state index < -0.39 is 0 Å². The molecule has 1 N–H and O–H groups in total. The molecule has 14 heavy (non-hydrogen) atoms. The zero-order chi connectivity index (χ0) is 9.80. The fourth-order valence-corrected chi connectivity index (χ4v) is 1.88. The number of nitrogens with one attached hydrogen (secondary N) is 1. The Labute approximate surface area is 85.5 Å². The van der Waals surface area contributed by atoms with Gasteiger partial charge in [-0.05, 0) is 49.6 Å². The summed E-state index contributed by atoms with van der Waals surface area (Å²) in [5.41, 5.74) is 4.17. The van der Waals surface area contributed by atoms with Gasteiger partial charge in [0.1, 0.15) is 0 Å². The van der Waals surface area contributed by atoms with Gasteiger partial charge < -0.3 is 5.32 Å². The number of benzene rings is 1. The molecule has 0 saturated carbocycles. The number of hydrogen-bond acceptors (Lipinski definition) is 1. The van der Waals surface area contributed by atoms with Crippen LogP contribution in [0.5, 0.6) is 0 Å². The van der Waals surface area contributed by atoms with Crippen molar-refractivity contribution in [1.29, 1.82) is 0 Å². The third-order valence-electron chi connectivity index (χ3n) is 2.60. The maximum absolute atomic E-state index is 3.16. The molecule has 0 bridgehead atoms. The van der Waals surface area contributed by atoms with Crippen LogP contribution in [0.1, 0.15) is 23.1 Å². The van der Waals surface area contributed by atoms with Gasteiger partial charge in [0.15, 0.2) is 0 Å². The quantitative estimate of drug-likeness (QED) is 0.657. The molecule has 1 heteroatoms. The van der Waals surface area contributed by atoms with E-state index in [1.807, 2.05) is 7.05 Å². The molecule has 0 saturated heterocycles. The minimum absolute atomic E-state index is 0.761. The highest BCUT2D eigenvalue weighted by Gasteiger charge is 2.09. The summed E-state index contributed by atoms with van der Waals surface area (Å²) in [6, 6.07) is 6.60. The lowest BCUT2D eigenvalue weighted by atomic mass is 10.1. The fourth-order valence-electron chi connectivity index (χ4n) is 1.88. The largest absolute Gasteiger partial charge is 0.309 e. The van der Waals surface area contributed by atoms with E-state index in [0.717, 1.165) is 12.1 Å². The lowest BCUT2D eigenvalue weighted by molar-refractivity contribution is 0.912. The lowest BCUT2D eigenvalue weighted by Crippen LogP contribution is -2.04. The van der Waals surface area contributed by atoms with Gasteiger partial charge in [-0.3, -0.25) is 0 Å². The smallest absolute Gasteiger partial charge is 0.0577 e. The summed E-state index contributed by atoms with van der Waals surface area (Å²) < 4.78 is 0. The van der Waals surface area contributed by atoms with E-state index in [2.05, 4.69) is 35.4 Å². The molecule has 1 aromatic carbocycles. The molecule has 0 heterocycles. The number of fused-ring (bicyclic) bond motifs is 1. The highest BCUT2D eigenvalue weighted by Crippen LogP contribution is 2.22. The van der Waals surface area contributed by atoms with Crippen LogP contribution >= 0.6 is 0 Å². The average Bonchev–Trinajstić information content (AvgIpc) is 2.65. The maximum Gasteiger partial charge on any atom is 0.0577 e. The Hall–Kier alpha value is -1.26. The van der Waals surface area contributed by atoms with Gasteiger partial charge in [0.25, 0.3) is 0 Å². The Morgan fingerprint density at radius 2 is 2.14 bits per heavy atom. The zero-order valence-electron chi connectivity index (χ0n) is 8.56. The minimum atomic E-state index is 0.761. The van der Waals surface area contributed by atoms with Crippen LogP contribution in [0.4, 0.5) is 0 Å². The summed E-state index contributed by atoms with van der Waals surface area (Å²) >= 11 is 0. The van der Waals surface area contributed by atoms with Crippen LogP contribution in [0.3, 0.4) is 0 Å². The first-order valence-electron chi connectivity index (χ1n) is 5.15. The lowest BCUT2D eigenvalue weighted by Gasteiger charge is -1.98. The normalized spacial score (nSPS) is 13.2. The van der Waals surface area contributed by atoms with E-state index in [9.17, 15) is 0 Å². The Bertz CT molecular complexity index is 382. The van der Waals surface area contributed by atoms with Crippen molar-refractivity contribution in [2.75, 3.05) is 13.6 Å². The van der Waals surface area contributed by atoms with Crippen LogP contribution in [0.15, 0.2) is 18.2 Å². The molecule has 0 unspecified atom stereocenters. The zero-order valence-corrected chi connectivity index (χ0v) is 8.56. The van der Waals surface area contributed by atoms with Gasteiger partial charge in [0.05, 0.1) is 6.54 Å². The molecule has 0 spiro atoms. The van der Waals surface area contributed by atoms with Crippen LogP contribution < -0.4 is 5.32 Å². The van der Waals surface area contributed by atoms with E-state index in [1.54, 1.807) is 0 Å². The Balaban J connectivity index is 2.18. The van der Waals surface area contributed by atoms with Crippen molar-refractivity contribution in [2.45, 2.75) is 19.3 Å². The standard InChI is InChI=1S/C13H15N/c1-14-9-3-4-11-7-8-12-5-2-6-13(12)10-11/h7-8,10,14H,2,5-6,9H2,1H3. The van der Waals surface area contributed by atoms with E-state index in [0.29, 0.717) is 0 Å². The van der Waals surface area contributed by atoms with E-state index in [4.69, 9.17) is 0 Å². The Morgan fingerprint density at radius 1 is 1.29 bits per heavy atom. The second kappa shape index (κ2) is 4.30. The van der Waals surface area contributed by atoms with E-state index in [-0.39, 0.29) is 0 Å². The van der Waals surface area contributed by atoms with Crippen molar-refractivity contribution in [3.8, 4) is 11.8 Å². The molecule has 0 aromatic heterocycles. The minimum Gasteiger partial charge on any atom is -0.309 e. The highest BCUT2D eigenvalue weighted by atomic mass is 14.8. The molecule has 1 aliphatic rings. The van der Waals surface area contributed by atoms with E-state index in [1.165, 1.54) is 30.4 Å². The maximum atomic E-state index is 3.16. The molecule has 1 aromatic rings. The SMILES string of the molecule is CNCC#Cc1ccc2c(c1)CCC2. The van der Waals surface area contributed by atoms with Gasteiger partial charge in [-0.25, -0.2) is 0 Å². The molecule has 1 nitrogen and oxygen atoms in total. The molecule has 0 amide bonds. The first kappa shape index (κ1) is 9.30. The molecule has 0 radical (unpaired) electrons. The second-order valence-corrected chi connectivity index (χ2v) is 3.67. The molecule has 72 valence electrons. The van der Waals surface area contributed by atoms with Crippen molar-refractivity contribution in [1.82, 2.24) is 5.32 Å². The van der Waals surface area contributed by atoms with Crippen LogP contribution in [0.2, 0.25) is 0 Å². The predicted octanol–water partition coefficient (Wildman–Crippen LogP) is 1.75. The molecular formula is C13H15N. The number of rotatable bonds is 1. The Morgan fingerprint density at radius 3 is 3.00 bits per heavy atom. The molecule has 1 aliphatic carbocycles. The van der Waals surface area contributed by atoms with Crippen LogP contribution in [0, 0.1) is 11.8 Å². The topological polar surface area (TPSA) is 12.0 Å². The van der Waals surface area contributed by atoms with Crippen molar-refractivity contribution in [3.05, 3.63) is 34.9 Å². The van der Waals surface area contributed by atoms with Gasteiger partial charge in [0.2, 0.25) is 0 Å². The summed E-state index contributed by atoms with van der Waals surface area (Å²) in [7, 11) is 1.91. The second-order valence-electron chi connectivity index (χ2n) is 3.67. The van der Waals surface area contributed by atoms with Gasteiger partial charge in [-0.1, -0.05) is 17.9 Å². The molecule has 0 aliphatic heterocycles. The van der Waals surface area contributed by atoms with Crippen molar-refractivity contribution in [3.63, 3.8) is 0 Å². The van der Waals surface area contributed by atoms with Crippen LogP contribution in [-0.4, -0.2) is 13.6 Å². The molecule has 0 fully saturated rings. The van der Waals surface area contributed by atoms with Crippen molar-refractivity contribution < 1.29 is 0 Å².